The number of hydrogen-bond acceptors (Lipinski definition) is 3. The molecule has 2 rings (SSSR count). The molecule has 1 aliphatic rings. The van der Waals surface area contributed by atoms with Gasteiger partial charge in [0, 0.05) is 25.3 Å². The molecule has 0 bridgehead atoms. The summed E-state index contributed by atoms with van der Waals surface area (Å²) in [4.78, 5) is 0. The van der Waals surface area contributed by atoms with Crippen LogP contribution in [0.1, 0.15) is 24.8 Å². The Morgan fingerprint density at radius 3 is 2.83 bits per heavy atom. The summed E-state index contributed by atoms with van der Waals surface area (Å²) in [5.41, 5.74) is 1.23. The molecule has 1 aromatic carbocycles. The second-order valence-electron chi connectivity index (χ2n) is 4.83. The van der Waals surface area contributed by atoms with E-state index in [1.54, 1.807) is 7.11 Å². The van der Waals surface area contributed by atoms with E-state index in [0.717, 1.165) is 38.0 Å². The van der Waals surface area contributed by atoms with E-state index < -0.39 is 0 Å². The summed E-state index contributed by atoms with van der Waals surface area (Å²) < 4.78 is 10.7. The quantitative estimate of drug-likeness (QED) is 0.786. The molecule has 0 atom stereocenters. The maximum absolute atomic E-state index is 5.37. The molecule has 0 saturated carbocycles. The van der Waals surface area contributed by atoms with Crippen molar-refractivity contribution < 1.29 is 9.47 Å². The largest absolute Gasteiger partial charge is 0.496 e. The Balaban J connectivity index is 1.68. The first-order valence-electron chi connectivity index (χ1n) is 6.80. The van der Waals surface area contributed by atoms with Crippen LogP contribution in [0.15, 0.2) is 24.3 Å². The van der Waals surface area contributed by atoms with E-state index in [0.29, 0.717) is 0 Å². The Labute approximate surface area is 109 Å². The monoisotopic (exact) mass is 249 g/mol. The summed E-state index contributed by atoms with van der Waals surface area (Å²) in [7, 11) is 1.72. The summed E-state index contributed by atoms with van der Waals surface area (Å²) in [5.74, 6) is 1.81. The maximum atomic E-state index is 5.37. The molecule has 3 heteroatoms. The lowest BCUT2D eigenvalue weighted by atomic mass is 9.97. The Kier molecular flexibility index (Phi) is 5.49. The lowest BCUT2D eigenvalue weighted by molar-refractivity contribution is 0.0639. The summed E-state index contributed by atoms with van der Waals surface area (Å²) >= 11 is 0. The van der Waals surface area contributed by atoms with Crippen LogP contribution in [0.25, 0.3) is 0 Å². The molecule has 1 aliphatic heterocycles. The van der Waals surface area contributed by atoms with Gasteiger partial charge < -0.3 is 14.8 Å². The highest BCUT2D eigenvalue weighted by atomic mass is 16.5. The van der Waals surface area contributed by atoms with Crippen LogP contribution in [0.4, 0.5) is 0 Å². The molecule has 0 aliphatic carbocycles. The van der Waals surface area contributed by atoms with Gasteiger partial charge in [-0.3, -0.25) is 0 Å². The molecule has 1 N–H and O–H groups in total. The topological polar surface area (TPSA) is 30.5 Å². The van der Waals surface area contributed by atoms with Gasteiger partial charge in [-0.05, 0) is 37.8 Å². The zero-order valence-corrected chi connectivity index (χ0v) is 11.2. The highest BCUT2D eigenvalue weighted by Crippen LogP contribution is 2.19. The van der Waals surface area contributed by atoms with Crippen molar-refractivity contribution >= 4 is 0 Å². The maximum Gasteiger partial charge on any atom is 0.123 e. The van der Waals surface area contributed by atoms with Crippen LogP contribution in [0.2, 0.25) is 0 Å². The van der Waals surface area contributed by atoms with Gasteiger partial charge in [0.05, 0.1) is 7.11 Å². The lowest BCUT2D eigenvalue weighted by Crippen LogP contribution is -2.22. The van der Waals surface area contributed by atoms with E-state index in [-0.39, 0.29) is 0 Å². The number of rotatable bonds is 6. The molecule has 1 fully saturated rings. The van der Waals surface area contributed by atoms with Crippen molar-refractivity contribution in [3.05, 3.63) is 29.8 Å². The van der Waals surface area contributed by atoms with Crippen molar-refractivity contribution in [2.45, 2.75) is 25.8 Å². The predicted molar refractivity (Wildman–Crippen MR) is 72.9 cm³/mol. The minimum absolute atomic E-state index is 0.837. The van der Waals surface area contributed by atoms with Gasteiger partial charge in [-0.25, -0.2) is 0 Å². The Morgan fingerprint density at radius 2 is 2.06 bits per heavy atom. The van der Waals surface area contributed by atoms with E-state index in [2.05, 4.69) is 17.4 Å². The molecule has 100 valence electrons. The molecule has 1 saturated heterocycles. The molecule has 0 radical (unpaired) electrons. The van der Waals surface area contributed by atoms with Gasteiger partial charge >= 0.3 is 0 Å². The molecule has 1 aromatic rings. The smallest absolute Gasteiger partial charge is 0.123 e. The first-order chi connectivity index (χ1) is 8.90. The van der Waals surface area contributed by atoms with Crippen molar-refractivity contribution in [1.29, 1.82) is 0 Å². The van der Waals surface area contributed by atoms with Crippen molar-refractivity contribution in [2.75, 3.05) is 26.9 Å². The van der Waals surface area contributed by atoms with Crippen LogP contribution < -0.4 is 10.1 Å². The summed E-state index contributed by atoms with van der Waals surface area (Å²) in [6, 6.07) is 8.18. The fourth-order valence-corrected chi connectivity index (χ4v) is 2.41. The fourth-order valence-electron chi connectivity index (χ4n) is 2.41. The van der Waals surface area contributed by atoms with Gasteiger partial charge in [-0.1, -0.05) is 18.2 Å². The van der Waals surface area contributed by atoms with Crippen molar-refractivity contribution in [3.8, 4) is 5.75 Å². The SMILES string of the molecule is COc1ccccc1CNCCC1CCOCC1. The van der Waals surface area contributed by atoms with Crippen LogP contribution in [0, 0.1) is 5.92 Å². The van der Waals surface area contributed by atoms with E-state index >= 15 is 0 Å². The molecule has 1 heterocycles. The number of ether oxygens (including phenoxy) is 2. The summed E-state index contributed by atoms with van der Waals surface area (Å²) in [5, 5.41) is 3.50. The first-order valence-corrected chi connectivity index (χ1v) is 6.80. The van der Waals surface area contributed by atoms with Crippen LogP contribution >= 0.6 is 0 Å². The standard InChI is InChI=1S/C15H23NO2/c1-17-15-5-3-2-4-14(15)12-16-9-6-13-7-10-18-11-8-13/h2-5,13,16H,6-12H2,1H3. The average Bonchev–Trinajstić information content (AvgIpc) is 2.45. The second-order valence-corrected chi connectivity index (χ2v) is 4.83. The fraction of sp³-hybridized carbons (Fsp3) is 0.600. The van der Waals surface area contributed by atoms with E-state index in [1.807, 2.05) is 12.1 Å². The Bertz CT molecular complexity index is 348. The minimum Gasteiger partial charge on any atom is -0.496 e. The molecule has 0 unspecified atom stereocenters. The zero-order valence-electron chi connectivity index (χ0n) is 11.2. The summed E-state index contributed by atoms with van der Waals surface area (Å²) in [6.45, 7) is 3.84. The molecular formula is C15H23NO2. The highest BCUT2D eigenvalue weighted by Gasteiger charge is 2.12. The van der Waals surface area contributed by atoms with Gasteiger partial charge in [-0.2, -0.15) is 0 Å². The summed E-state index contributed by atoms with van der Waals surface area (Å²) in [6.07, 6.45) is 3.69. The average molecular weight is 249 g/mol. The van der Waals surface area contributed by atoms with Crippen LogP contribution in [-0.4, -0.2) is 26.9 Å². The van der Waals surface area contributed by atoms with Gasteiger partial charge in [0.1, 0.15) is 5.75 Å². The number of benzene rings is 1. The van der Waals surface area contributed by atoms with Gasteiger partial charge in [0.15, 0.2) is 0 Å². The van der Waals surface area contributed by atoms with Crippen molar-refractivity contribution in [3.63, 3.8) is 0 Å². The third kappa shape index (κ3) is 4.00. The van der Waals surface area contributed by atoms with Crippen LogP contribution in [0.3, 0.4) is 0 Å². The normalized spacial score (nSPS) is 16.7. The van der Waals surface area contributed by atoms with Crippen molar-refractivity contribution in [1.82, 2.24) is 5.32 Å². The molecule has 0 amide bonds. The van der Waals surface area contributed by atoms with Gasteiger partial charge in [-0.15, -0.1) is 0 Å². The highest BCUT2D eigenvalue weighted by molar-refractivity contribution is 5.32. The molecule has 0 spiro atoms. The Hall–Kier alpha value is -1.06. The predicted octanol–water partition coefficient (Wildman–Crippen LogP) is 2.60. The molecule has 3 nitrogen and oxygen atoms in total. The van der Waals surface area contributed by atoms with Crippen LogP contribution in [-0.2, 0) is 11.3 Å². The number of methoxy groups -OCH3 is 1. The Morgan fingerprint density at radius 1 is 1.28 bits per heavy atom. The molecular weight excluding hydrogens is 226 g/mol. The number of nitrogens with one attached hydrogen (secondary N) is 1. The van der Waals surface area contributed by atoms with E-state index in [4.69, 9.17) is 9.47 Å². The molecule has 18 heavy (non-hydrogen) atoms. The minimum atomic E-state index is 0.837. The van der Waals surface area contributed by atoms with Gasteiger partial charge in [0.2, 0.25) is 0 Å². The van der Waals surface area contributed by atoms with E-state index in [9.17, 15) is 0 Å². The van der Waals surface area contributed by atoms with Crippen molar-refractivity contribution in [2.24, 2.45) is 5.92 Å². The lowest BCUT2D eigenvalue weighted by Gasteiger charge is -2.22. The van der Waals surface area contributed by atoms with Crippen LogP contribution in [0.5, 0.6) is 5.75 Å². The van der Waals surface area contributed by atoms with E-state index in [1.165, 1.54) is 24.8 Å². The van der Waals surface area contributed by atoms with Gasteiger partial charge in [0.25, 0.3) is 0 Å². The third-order valence-corrected chi connectivity index (χ3v) is 3.58. The third-order valence-electron chi connectivity index (χ3n) is 3.58. The molecule has 0 aromatic heterocycles. The number of para-hydroxylation sites is 1. The first kappa shape index (κ1) is 13.4. The second kappa shape index (κ2) is 7.39. The number of hydrogen-bond donors (Lipinski definition) is 1. The zero-order chi connectivity index (χ0) is 12.6.